The summed E-state index contributed by atoms with van der Waals surface area (Å²) < 4.78 is 4.74. The summed E-state index contributed by atoms with van der Waals surface area (Å²) in [5, 5.41) is 2.31. The predicted octanol–water partition coefficient (Wildman–Crippen LogP) is 2.26. The van der Waals surface area contributed by atoms with E-state index in [1.807, 2.05) is 13.0 Å². The van der Waals surface area contributed by atoms with Crippen LogP contribution in [-0.4, -0.2) is 36.7 Å². The summed E-state index contributed by atoms with van der Waals surface area (Å²) in [6.45, 7) is 7.14. The fourth-order valence-electron chi connectivity index (χ4n) is 2.51. The average Bonchev–Trinajstić information content (AvgIpc) is 2.37. The summed E-state index contributed by atoms with van der Waals surface area (Å²) in [6, 6.07) is 1.12. The van der Waals surface area contributed by atoms with Gasteiger partial charge in [-0.05, 0) is 33.1 Å². The van der Waals surface area contributed by atoms with Gasteiger partial charge in [-0.2, -0.15) is 0 Å². The molecule has 2 atom stereocenters. The van der Waals surface area contributed by atoms with Crippen molar-refractivity contribution in [1.82, 2.24) is 10.4 Å². The Kier molecular flexibility index (Phi) is 6.36. The van der Waals surface area contributed by atoms with E-state index in [2.05, 4.69) is 24.3 Å². The monoisotopic (exact) mass is 254 g/mol. The standard InChI is InChI=1S/C14H26N2O2/c1-5-13(14(17)18-4)9-10-15-16-11(2)7-6-8-12(16)3/h9,11-12,15H,5-8,10H2,1-4H3. The number of hydrogen-bond donors (Lipinski definition) is 1. The maximum atomic E-state index is 11.4. The Balaban J connectivity index is 2.48. The molecule has 0 aromatic rings. The van der Waals surface area contributed by atoms with Gasteiger partial charge in [-0.1, -0.05) is 19.4 Å². The van der Waals surface area contributed by atoms with Crippen molar-refractivity contribution in [1.29, 1.82) is 0 Å². The fourth-order valence-corrected chi connectivity index (χ4v) is 2.51. The minimum atomic E-state index is -0.223. The molecule has 1 heterocycles. The second-order valence-electron chi connectivity index (χ2n) is 4.97. The van der Waals surface area contributed by atoms with E-state index in [4.69, 9.17) is 4.74 Å². The van der Waals surface area contributed by atoms with E-state index in [1.165, 1.54) is 26.4 Å². The molecule has 0 radical (unpaired) electrons. The zero-order chi connectivity index (χ0) is 13.5. The first-order chi connectivity index (χ1) is 8.60. The topological polar surface area (TPSA) is 41.6 Å². The molecule has 1 saturated heterocycles. The lowest BCUT2D eigenvalue weighted by atomic mass is 10.00. The van der Waals surface area contributed by atoms with Crippen LogP contribution in [-0.2, 0) is 9.53 Å². The van der Waals surface area contributed by atoms with Crippen LogP contribution in [0, 0.1) is 0 Å². The number of nitrogens with one attached hydrogen (secondary N) is 1. The predicted molar refractivity (Wildman–Crippen MR) is 73.0 cm³/mol. The van der Waals surface area contributed by atoms with E-state index < -0.39 is 0 Å². The molecule has 1 rings (SSSR count). The number of ether oxygens (including phenoxy) is 1. The first-order valence-corrected chi connectivity index (χ1v) is 6.89. The molecule has 0 aromatic carbocycles. The number of esters is 1. The molecular weight excluding hydrogens is 228 g/mol. The third-order valence-electron chi connectivity index (χ3n) is 3.64. The number of nitrogens with zero attached hydrogens (tertiary/aromatic N) is 1. The number of hydrogen-bond acceptors (Lipinski definition) is 4. The van der Waals surface area contributed by atoms with E-state index in [0.717, 1.165) is 5.57 Å². The Hall–Kier alpha value is -0.870. The van der Waals surface area contributed by atoms with Gasteiger partial charge in [0.1, 0.15) is 0 Å². The Morgan fingerprint density at radius 1 is 1.39 bits per heavy atom. The van der Waals surface area contributed by atoms with Gasteiger partial charge in [0, 0.05) is 24.2 Å². The second kappa shape index (κ2) is 7.54. The fraction of sp³-hybridized carbons (Fsp3) is 0.786. The number of carbonyl (C=O) groups excluding carboxylic acids is 1. The van der Waals surface area contributed by atoms with Crippen LogP contribution in [0.15, 0.2) is 11.6 Å². The molecule has 18 heavy (non-hydrogen) atoms. The van der Waals surface area contributed by atoms with Gasteiger partial charge >= 0.3 is 5.97 Å². The van der Waals surface area contributed by atoms with Crippen LogP contribution in [0.2, 0.25) is 0 Å². The molecule has 1 N–H and O–H groups in total. The Bertz CT molecular complexity index is 292. The molecule has 1 fully saturated rings. The first-order valence-electron chi connectivity index (χ1n) is 6.89. The largest absolute Gasteiger partial charge is 0.466 e. The lowest BCUT2D eigenvalue weighted by Gasteiger charge is -2.38. The van der Waals surface area contributed by atoms with Crippen LogP contribution in [0.1, 0.15) is 46.5 Å². The van der Waals surface area contributed by atoms with E-state index in [9.17, 15) is 4.79 Å². The minimum absolute atomic E-state index is 0.223. The third kappa shape index (κ3) is 4.10. The lowest BCUT2D eigenvalue weighted by Crippen LogP contribution is -2.52. The summed E-state index contributed by atoms with van der Waals surface area (Å²) in [7, 11) is 1.42. The van der Waals surface area contributed by atoms with Gasteiger partial charge in [0.25, 0.3) is 0 Å². The Labute approximate surface area is 110 Å². The third-order valence-corrected chi connectivity index (χ3v) is 3.64. The highest BCUT2D eigenvalue weighted by molar-refractivity contribution is 5.88. The van der Waals surface area contributed by atoms with Crippen LogP contribution >= 0.6 is 0 Å². The average molecular weight is 254 g/mol. The van der Waals surface area contributed by atoms with Crippen molar-refractivity contribution in [3.63, 3.8) is 0 Å². The molecule has 0 spiro atoms. The summed E-state index contributed by atoms with van der Waals surface area (Å²) in [5.41, 5.74) is 4.15. The molecule has 104 valence electrons. The smallest absolute Gasteiger partial charge is 0.333 e. The van der Waals surface area contributed by atoms with Gasteiger partial charge in [0.15, 0.2) is 0 Å². The quantitative estimate of drug-likeness (QED) is 0.603. The number of piperidine rings is 1. The Morgan fingerprint density at radius 3 is 2.50 bits per heavy atom. The summed E-state index contributed by atoms with van der Waals surface area (Å²) in [6.07, 6.45) is 6.41. The van der Waals surface area contributed by atoms with Gasteiger partial charge in [-0.15, -0.1) is 0 Å². The Morgan fingerprint density at radius 2 is 2.00 bits per heavy atom. The van der Waals surface area contributed by atoms with Crippen molar-refractivity contribution in [3.8, 4) is 0 Å². The normalized spacial score (nSPS) is 26.1. The number of rotatable bonds is 5. The first kappa shape index (κ1) is 15.2. The maximum Gasteiger partial charge on any atom is 0.333 e. The molecule has 4 nitrogen and oxygen atoms in total. The zero-order valence-electron chi connectivity index (χ0n) is 12.0. The van der Waals surface area contributed by atoms with E-state index >= 15 is 0 Å². The van der Waals surface area contributed by atoms with Crippen LogP contribution in [0.25, 0.3) is 0 Å². The number of hydrazine groups is 1. The minimum Gasteiger partial charge on any atom is -0.466 e. The highest BCUT2D eigenvalue weighted by Crippen LogP contribution is 2.20. The van der Waals surface area contributed by atoms with Crippen LogP contribution in [0.5, 0.6) is 0 Å². The molecule has 4 heteroatoms. The highest BCUT2D eigenvalue weighted by Gasteiger charge is 2.23. The lowest BCUT2D eigenvalue weighted by molar-refractivity contribution is -0.136. The summed E-state index contributed by atoms with van der Waals surface area (Å²) in [4.78, 5) is 11.4. The van der Waals surface area contributed by atoms with Crippen LogP contribution < -0.4 is 5.43 Å². The van der Waals surface area contributed by atoms with Gasteiger partial charge in [0.05, 0.1) is 7.11 Å². The van der Waals surface area contributed by atoms with Crippen molar-refractivity contribution in [2.75, 3.05) is 13.7 Å². The van der Waals surface area contributed by atoms with E-state index in [0.29, 0.717) is 25.0 Å². The zero-order valence-corrected chi connectivity index (χ0v) is 12.0. The van der Waals surface area contributed by atoms with Crippen molar-refractivity contribution in [2.24, 2.45) is 0 Å². The summed E-state index contributed by atoms with van der Waals surface area (Å²) in [5.74, 6) is -0.223. The van der Waals surface area contributed by atoms with Crippen LogP contribution in [0.3, 0.4) is 0 Å². The molecular formula is C14H26N2O2. The molecule has 0 aliphatic carbocycles. The van der Waals surface area contributed by atoms with Gasteiger partial charge in [-0.25, -0.2) is 9.80 Å². The molecule has 0 amide bonds. The van der Waals surface area contributed by atoms with Gasteiger partial charge in [-0.3, -0.25) is 5.43 Å². The molecule has 0 bridgehead atoms. The van der Waals surface area contributed by atoms with Gasteiger partial charge < -0.3 is 4.74 Å². The molecule has 0 aromatic heterocycles. The van der Waals surface area contributed by atoms with E-state index in [1.54, 1.807) is 0 Å². The number of methoxy groups -OCH3 is 1. The van der Waals surface area contributed by atoms with Crippen molar-refractivity contribution >= 4 is 5.97 Å². The molecule has 0 saturated carbocycles. The van der Waals surface area contributed by atoms with Crippen LogP contribution in [0.4, 0.5) is 0 Å². The SMILES string of the molecule is CCC(=CCNN1C(C)CCCC1C)C(=O)OC. The molecule has 2 unspecified atom stereocenters. The van der Waals surface area contributed by atoms with Crippen molar-refractivity contribution < 1.29 is 9.53 Å². The molecule has 1 aliphatic heterocycles. The van der Waals surface area contributed by atoms with Gasteiger partial charge in [0.2, 0.25) is 0 Å². The van der Waals surface area contributed by atoms with Crippen molar-refractivity contribution in [3.05, 3.63) is 11.6 Å². The maximum absolute atomic E-state index is 11.4. The highest BCUT2D eigenvalue weighted by atomic mass is 16.5. The second-order valence-corrected chi connectivity index (χ2v) is 4.97. The summed E-state index contributed by atoms with van der Waals surface area (Å²) >= 11 is 0. The number of carbonyl (C=O) groups is 1. The van der Waals surface area contributed by atoms with E-state index in [-0.39, 0.29) is 5.97 Å². The van der Waals surface area contributed by atoms with Crippen molar-refractivity contribution in [2.45, 2.75) is 58.5 Å². The molecule has 1 aliphatic rings.